The van der Waals surface area contributed by atoms with Crippen molar-refractivity contribution in [3.05, 3.63) is 33.9 Å². The van der Waals surface area contributed by atoms with Gasteiger partial charge in [0, 0.05) is 18.4 Å². The van der Waals surface area contributed by atoms with Gasteiger partial charge in [0.2, 0.25) is 0 Å². The quantitative estimate of drug-likeness (QED) is 0.344. The number of hydrogen-bond donors (Lipinski definition) is 2. The van der Waals surface area contributed by atoms with Gasteiger partial charge in [-0.25, -0.2) is 4.79 Å². The largest absolute Gasteiger partial charge is 0.478 e. The Morgan fingerprint density at radius 1 is 1.58 bits per heavy atom. The number of thioether (sulfide) groups is 1. The van der Waals surface area contributed by atoms with E-state index in [1.54, 1.807) is 0 Å². The lowest BCUT2D eigenvalue weighted by Gasteiger charge is -2.09. The third kappa shape index (κ3) is 4.19. The minimum Gasteiger partial charge on any atom is -0.478 e. The van der Waals surface area contributed by atoms with Gasteiger partial charge in [0.05, 0.1) is 16.2 Å². The highest BCUT2D eigenvalue weighted by Crippen LogP contribution is 2.28. The molecule has 7 heteroatoms. The molecule has 0 atom stereocenters. The molecular formula is C12H12N2O4S. The minimum atomic E-state index is -1.21. The second-order valence-electron chi connectivity index (χ2n) is 3.45. The number of aromatic carboxylic acids is 1. The number of para-hydroxylation sites is 1. The van der Waals surface area contributed by atoms with E-state index >= 15 is 0 Å². The predicted octanol–water partition coefficient (Wildman–Crippen LogP) is 2.07. The average Bonchev–Trinajstić information content (AvgIpc) is 2.38. The van der Waals surface area contributed by atoms with Crippen molar-refractivity contribution in [3.8, 4) is 12.3 Å². The van der Waals surface area contributed by atoms with Gasteiger partial charge in [-0.1, -0.05) is 12.0 Å². The van der Waals surface area contributed by atoms with Crippen LogP contribution in [0.15, 0.2) is 18.2 Å². The van der Waals surface area contributed by atoms with E-state index in [0.717, 1.165) is 0 Å². The molecule has 100 valence electrons. The van der Waals surface area contributed by atoms with E-state index in [0.29, 0.717) is 18.1 Å². The first-order chi connectivity index (χ1) is 9.07. The number of anilines is 1. The number of terminal acetylenes is 1. The summed E-state index contributed by atoms with van der Waals surface area (Å²) in [6.45, 7) is 0.400. The maximum Gasteiger partial charge on any atom is 0.338 e. The van der Waals surface area contributed by atoms with E-state index in [-0.39, 0.29) is 16.9 Å². The van der Waals surface area contributed by atoms with E-state index < -0.39 is 10.9 Å². The van der Waals surface area contributed by atoms with Crippen molar-refractivity contribution in [2.75, 3.05) is 23.4 Å². The third-order valence-electron chi connectivity index (χ3n) is 2.20. The Bertz CT molecular complexity index is 493. The number of nitrogens with zero attached hydrogens (tertiary/aromatic N) is 1. The summed E-state index contributed by atoms with van der Waals surface area (Å²) in [5, 5.41) is 22.7. The van der Waals surface area contributed by atoms with Crippen LogP contribution in [0.5, 0.6) is 0 Å². The van der Waals surface area contributed by atoms with Gasteiger partial charge in [-0.3, -0.25) is 10.1 Å². The van der Waals surface area contributed by atoms with Crippen molar-refractivity contribution in [1.29, 1.82) is 0 Å². The van der Waals surface area contributed by atoms with Crippen molar-refractivity contribution < 1.29 is 14.8 Å². The van der Waals surface area contributed by atoms with Crippen LogP contribution in [0, 0.1) is 22.5 Å². The molecule has 0 radical (unpaired) electrons. The van der Waals surface area contributed by atoms with Crippen LogP contribution in [0.1, 0.15) is 10.4 Å². The smallest absolute Gasteiger partial charge is 0.338 e. The van der Waals surface area contributed by atoms with Gasteiger partial charge in [-0.15, -0.1) is 18.2 Å². The van der Waals surface area contributed by atoms with Crippen LogP contribution < -0.4 is 5.32 Å². The molecule has 0 bridgehead atoms. The number of nitro groups is 1. The molecule has 0 aliphatic rings. The molecule has 0 saturated carbocycles. The van der Waals surface area contributed by atoms with Crippen LogP contribution in [0.25, 0.3) is 0 Å². The van der Waals surface area contributed by atoms with Crippen LogP contribution in [0.3, 0.4) is 0 Å². The first-order valence-corrected chi connectivity index (χ1v) is 6.49. The van der Waals surface area contributed by atoms with Crippen molar-refractivity contribution >= 4 is 29.1 Å². The zero-order valence-corrected chi connectivity index (χ0v) is 10.8. The number of carboxylic acid groups (broad SMARTS) is 1. The summed E-state index contributed by atoms with van der Waals surface area (Å²) in [7, 11) is 0. The van der Waals surface area contributed by atoms with E-state index in [9.17, 15) is 14.9 Å². The van der Waals surface area contributed by atoms with Gasteiger partial charge in [0.1, 0.15) is 5.69 Å². The molecule has 0 fully saturated rings. The molecule has 1 rings (SSSR count). The summed E-state index contributed by atoms with van der Waals surface area (Å²) >= 11 is 1.49. The van der Waals surface area contributed by atoms with Crippen molar-refractivity contribution in [3.63, 3.8) is 0 Å². The zero-order chi connectivity index (χ0) is 14.3. The topological polar surface area (TPSA) is 92.5 Å². The number of hydrogen-bond acceptors (Lipinski definition) is 5. The molecule has 0 saturated heterocycles. The lowest BCUT2D eigenvalue weighted by Crippen LogP contribution is -2.11. The summed E-state index contributed by atoms with van der Waals surface area (Å²) in [5.41, 5.74) is -0.334. The van der Waals surface area contributed by atoms with Gasteiger partial charge in [-0.2, -0.15) is 0 Å². The predicted molar refractivity (Wildman–Crippen MR) is 74.7 cm³/mol. The highest BCUT2D eigenvalue weighted by molar-refractivity contribution is 7.99. The molecule has 0 aliphatic heterocycles. The second-order valence-corrected chi connectivity index (χ2v) is 4.55. The molecule has 0 aliphatic carbocycles. The lowest BCUT2D eigenvalue weighted by molar-refractivity contribution is -0.384. The van der Waals surface area contributed by atoms with Crippen LogP contribution in [0.4, 0.5) is 11.4 Å². The maximum absolute atomic E-state index is 11.0. The Labute approximate surface area is 114 Å². The standard InChI is InChI=1S/C12H12N2O4S/c1-2-7-19-8-6-13-11-9(12(15)16)4-3-5-10(11)14(17)18/h1,3-5,13H,6-8H2,(H,15,16). The van der Waals surface area contributed by atoms with Crippen molar-refractivity contribution in [2.24, 2.45) is 0 Å². The third-order valence-corrected chi connectivity index (χ3v) is 3.07. The van der Waals surface area contributed by atoms with Crippen molar-refractivity contribution in [1.82, 2.24) is 0 Å². The van der Waals surface area contributed by atoms with E-state index in [2.05, 4.69) is 11.2 Å². The number of benzene rings is 1. The SMILES string of the molecule is C#CCSCCNc1c(C(=O)O)cccc1[N+](=O)[O-]. The summed E-state index contributed by atoms with van der Waals surface area (Å²) in [6, 6.07) is 3.94. The lowest BCUT2D eigenvalue weighted by atomic mass is 10.1. The van der Waals surface area contributed by atoms with Gasteiger partial charge < -0.3 is 10.4 Å². The summed E-state index contributed by atoms with van der Waals surface area (Å²) in [4.78, 5) is 21.3. The molecule has 0 spiro atoms. The summed E-state index contributed by atoms with van der Waals surface area (Å²) < 4.78 is 0. The fraction of sp³-hybridized carbons (Fsp3) is 0.250. The molecule has 0 amide bonds. The van der Waals surface area contributed by atoms with Crippen LogP contribution in [-0.4, -0.2) is 34.0 Å². The number of rotatable bonds is 7. The Balaban J connectivity index is 2.86. The molecule has 0 aromatic heterocycles. The molecule has 2 N–H and O–H groups in total. The fourth-order valence-electron chi connectivity index (χ4n) is 1.44. The average molecular weight is 280 g/mol. The number of carboxylic acids is 1. The van der Waals surface area contributed by atoms with Crippen molar-refractivity contribution in [2.45, 2.75) is 0 Å². The van der Waals surface area contributed by atoms with E-state index in [1.807, 2.05) is 0 Å². The number of nitrogens with one attached hydrogen (secondary N) is 1. The fourth-order valence-corrected chi connectivity index (χ4v) is 1.94. The first kappa shape index (κ1) is 14.9. The van der Waals surface area contributed by atoms with Crippen LogP contribution in [0.2, 0.25) is 0 Å². The molecule has 0 heterocycles. The summed E-state index contributed by atoms with van der Waals surface area (Å²) in [6.07, 6.45) is 5.09. The molecular weight excluding hydrogens is 268 g/mol. The normalized spacial score (nSPS) is 9.63. The molecule has 1 aromatic rings. The maximum atomic E-state index is 11.0. The van der Waals surface area contributed by atoms with Gasteiger partial charge in [0.15, 0.2) is 0 Å². The highest BCUT2D eigenvalue weighted by Gasteiger charge is 2.20. The molecule has 1 aromatic carbocycles. The van der Waals surface area contributed by atoms with Gasteiger partial charge in [-0.05, 0) is 6.07 Å². The van der Waals surface area contributed by atoms with E-state index in [4.69, 9.17) is 11.5 Å². The Morgan fingerprint density at radius 2 is 2.32 bits per heavy atom. The monoisotopic (exact) mass is 280 g/mol. The zero-order valence-electron chi connectivity index (χ0n) is 9.96. The summed E-state index contributed by atoms with van der Waals surface area (Å²) in [5.74, 6) is 2.43. The van der Waals surface area contributed by atoms with Gasteiger partial charge >= 0.3 is 5.97 Å². The van der Waals surface area contributed by atoms with E-state index in [1.165, 1.54) is 30.0 Å². The molecule has 19 heavy (non-hydrogen) atoms. The minimum absolute atomic E-state index is 0.0290. The van der Waals surface area contributed by atoms with Crippen LogP contribution >= 0.6 is 11.8 Å². The Kier molecular flexibility index (Phi) is 5.70. The van der Waals surface area contributed by atoms with Gasteiger partial charge in [0.25, 0.3) is 5.69 Å². The molecule has 6 nitrogen and oxygen atoms in total. The van der Waals surface area contributed by atoms with Crippen LogP contribution in [-0.2, 0) is 0 Å². The number of carbonyl (C=O) groups is 1. The second kappa shape index (κ2) is 7.28. The Morgan fingerprint density at radius 3 is 2.89 bits per heavy atom. The Hall–Kier alpha value is -2.20. The molecule has 0 unspecified atom stereocenters. The number of nitro benzene ring substituents is 1. The first-order valence-electron chi connectivity index (χ1n) is 5.33. The highest BCUT2D eigenvalue weighted by atomic mass is 32.2.